The molecule has 1 N–H and O–H groups in total. The van der Waals surface area contributed by atoms with Crippen LogP contribution in [0.25, 0.3) is 0 Å². The molecule has 20 heavy (non-hydrogen) atoms. The summed E-state index contributed by atoms with van der Waals surface area (Å²) in [7, 11) is -3.57. The Bertz CT molecular complexity index is 535. The van der Waals surface area contributed by atoms with Crippen LogP contribution in [0.1, 0.15) is 38.9 Å². The van der Waals surface area contributed by atoms with E-state index in [0.29, 0.717) is 24.9 Å². The van der Waals surface area contributed by atoms with E-state index >= 15 is 0 Å². The number of furan rings is 1. The third-order valence-electron chi connectivity index (χ3n) is 4.06. The van der Waals surface area contributed by atoms with Crippen molar-refractivity contribution >= 4 is 10.0 Å². The molecular formula is C14H23NO4S. The normalized spacial score (nSPS) is 22.1. The predicted octanol–water partition coefficient (Wildman–Crippen LogP) is 2.22. The van der Waals surface area contributed by atoms with Crippen molar-refractivity contribution in [1.29, 1.82) is 0 Å². The van der Waals surface area contributed by atoms with Crippen LogP contribution in [0.2, 0.25) is 0 Å². The van der Waals surface area contributed by atoms with Gasteiger partial charge >= 0.3 is 0 Å². The van der Waals surface area contributed by atoms with E-state index in [-0.39, 0.29) is 17.5 Å². The van der Waals surface area contributed by atoms with E-state index in [9.17, 15) is 8.42 Å². The molecule has 0 radical (unpaired) electrons. The van der Waals surface area contributed by atoms with Gasteiger partial charge in [-0.3, -0.25) is 0 Å². The molecule has 1 aliphatic heterocycles. The highest BCUT2D eigenvalue weighted by molar-refractivity contribution is 7.89. The number of nitrogens with zero attached hydrogens (tertiary/aromatic N) is 1. The first-order valence-corrected chi connectivity index (χ1v) is 8.59. The lowest BCUT2D eigenvalue weighted by atomic mass is 9.89. The molecule has 0 saturated carbocycles. The number of hydrogen-bond acceptors (Lipinski definition) is 4. The number of sulfonamides is 1. The molecular weight excluding hydrogens is 278 g/mol. The smallest absolute Gasteiger partial charge is 0.276 e. The first kappa shape index (κ1) is 15.5. The zero-order valence-electron chi connectivity index (χ0n) is 12.1. The number of aliphatic hydroxyl groups is 1. The number of hydrogen-bond donors (Lipinski definition) is 1. The van der Waals surface area contributed by atoms with Crippen LogP contribution in [0, 0.1) is 11.8 Å². The van der Waals surface area contributed by atoms with Gasteiger partial charge in [-0.05, 0) is 43.2 Å². The van der Waals surface area contributed by atoms with Crippen LogP contribution >= 0.6 is 0 Å². The van der Waals surface area contributed by atoms with Gasteiger partial charge in [0, 0.05) is 13.1 Å². The summed E-state index contributed by atoms with van der Waals surface area (Å²) < 4.78 is 31.7. The third-order valence-corrected chi connectivity index (χ3v) is 5.83. The molecule has 6 heteroatoms. The fourth-order valence-electron chi connectivity index (χ4n) is 2.71. The zero-order valence-corrected chi connectivity index (χ0v) is 12.9. The predicted molar refractivity (Wildman–Crippen MR) is 75.6 cm³/mol. The summed E-state index contributed by atoms with van der Waals surface area (Å²) in [4.78, 5) is 0. The second kappa shape index (κ2) is 6.28. The minimum Gasteiger partial charge on any atom is -0.446 e. The van der Waals surface area contributed by atoms with Crippen molar-refractivity contribution in [2.75, 3.05) is 13.1 Å². The molecule has 2 heterocycles. The Kier molecular flexibility index (Phi) is 4.88. The quantitative estimate of drug-likeness (QED) is 0.925. The summed E-state index contributed by atoms with van der Waals surface area (Å²) in [6, 6.07) is 2.92. The van der Waals surface area contributed by atoms with E-state index < -0.39 is 10.0 Å². The molecule has 1 atom stereocenters. The molecule has 0 spiro atoms. The standard InChI is InChI=1S/C14H23NO4S/c1-11(2)12-4-3-8-15(9-7-12)20(17,18)14-6-5-13(10-16)19-14/h5-6,11-12,16H,3-4,7-10H2,1-2H3. The van der Waals surface area contributed by atoms with Crippen LogP contribution in [-0.4, -0.2) is 30.9 Å². The fraction of sp³-hybridized carbons (Fsp3) is 0.714. The maximum Gasteiger partial charge on any atom is 0.276 e. The van der Waals surface area contributed by atoms with E-state index in [2.05, 4.69) is 13.8 Å². The van der Waals surface area contributed by atoms with Gasteiger partial charge in [-0.1, -0.05) is 13.8 Å². The molecule has 1 aromatic heterocycles. The lowest BCUT2D eigenvalue weighted by Crippen LogP contribution is -2.32. The van der Waals surface area contributed by atoms with Gasteiger partial charge in [0.15, 0.2) is 0 Å². The monoisotopic (exact) mass is 301 g/mol. The highest BCUT2D eigenvalue weighted by Crippen LogP contribution is 2.28. The number of rotatable bonds is 4. The SMILES string of the molecule is CC(C)C1CCCN(S(=O)(=O)c2ccc(CO)o2)CC1. The van der Waals surface area contributed by atoms with Gasteiger partial charge in [-0.25, -0.2) is 8.42 Å². The molecule has 0 aliphatic carbocycles. The summed E-state index contributed by atoms with van der Waals surface area (Å²) in [5, 5.41) is 8.90. The van der Waals surface area contributed by atoms with Crippen LogP contribution in [0.5, 0.6) is 0 Å². The van der Waals surface area contributed by atoms with E-state index in [1.165, 1.54) is 16.4 Å². The molecule has 1 aromatic rings. The van der Waals surface area contributed by atoms with Crippen molar-refractivity contribution in [3.05, 3.63) is 17.9 Å². The minimum absolute atomic E-state index is 0.0652. The summed E-state index contributed by atoms with van der Waals surface area (Å²) in [6.45, 7) is 5.18. The lowest BCUT2D eigenvalue weighted by molar-refractivity contribution is 0.235. The summed E-state index contributed by atoms with van der Waals surface area (Å²) >= 11 is 0. The van der Waals surface area contributed by atoms with Gasteiger partial charge in [-0.2, -0.15) is 4.31 Å². The van der Waals surface area contributed by atoms with Crippen LogP contribution in [0.4, 0.5) is 0 Å². The molecule has 1 aliphatic rings. The van der Waals surface area contributed by atoms with Gasteiger partial charge in [0.1, 0.15) is 12.4 Å². The largest absolute Gasteiger partial charge is 0.446 e. The van der Waals surface area contributed by atoms with Crippen molar-refractivity contribution in [2.45, 2.75) is 44.8 Å². The van der Waals surface area contributed by atoms with Crippen molar-refractivity contribution < 1.29 is 17.9 Å². The summed E-state index contributed by atoms with van der Waals surface area (Å²) in [6.07, 6.45) is 2.85. The van der Waals surface area contributed by atoms with Crippen molar-refractivity contribution in [3.63, 3.8) is 0 Å². The Morgan fingerprint density at radius 1 is 1.35 bits per heavy atom. The van der Waals surface area contributed by atoms with E-state index in [1.54, 1.807) is 0 Å². The van der Waals surface area contributed by atoms with Gasteiger partial charge in [0.25, 0.3) is 10.0 Å². The van der Waals surface area contributed by atoms with Gasteiger partial charge in [0.2, 0.25) is 5.09 Å². The highest BCUT2D eigenvalue weighted by atomic mass is 32.2. The van der Waals surface area contributed by atoms with E-state index in [0.717, 1.165) is 19.3 Å². The van der Waals surface area contributed by atoms with Crippen molar-refractivity contribution in [3.8, 4) is 0 Å². The Morgan fingerprint density at radius 2 is 2.10 bits per heavy atom. The minimum atomic E-state index is -3.57. The van der Waals surface area contributed by atoms with Crippen molar-refractivity contribution in [1.82, 2.24) is 4.31 Å². The van der Waals surface area contributed by atoms with Crippen LogP contribution in [0.15, 0.2) is 21.6 Å². The highest BCUT2D eigenvalue weighted by Gasteiger charge is 2.30. The molecule has 1 unspecified atom stereocenters. The first-order chi connectivity index (χ1) is 9.45. The van der Waals surface area contributed by atoms with Crippen LogP contribution in [0.3, 0.4) is 0 Å². The molecule has 1 saturated heterocycles. The zero-order chi connectivity index (χ0) is 14.8. The van der Waals surface area contributed by atoms with Crippen LogP contribution in [-0.2, 0) is 16.6 Å². The molecule has 114 valence electrons. The Morgan fingerprint density at radius 3 is 2.70 bits per heavy atom. The maximum atomic E-state index is 12.5. The van der Waals surface area contributed by atoms with E-state index in [4.69, 9.17) is 9.52 Å². The van der Waals surface area contributed by atoms with Crippen LogP contribution < -0.4 is 0 Å². The topological polar surface area (TPSA) is 70.8 Å². The van der Waals surface area contributed by atoms with Gasteiger partial charge in [-0.15, -0.1) is 0 Å². The Labute approximate surface area is 120 Å². The lowest BCUT2D eigenvalue weighted by Gasteiger charge is -2.20. The first-order valence-electron chi connectivity index (χ1n) is 7.15. The van der Waals surface area contributed by atoms with Gasteiger partial charge in [0.05, 0.1) is 0 Å². The Balaban J connectivity index is 2.13. The molecule has 0 amide bonds. The molecule has 0 bridgehead atoms. The average molecular weight is 301 g/mol. The second-order valence-electron chi connectivity index (χ2n) is 5.72. The maximum absolute atomic E-state index is 12.5. The second-order valence-corrected chi connectivity index (χ2v) is 7.59. The van der Waals surface area contributed by atoms with E-state index in [1.807, 2.05) is 0 Å². The number of aliphatic hydroxyl groups excluding tert-OH is 1. The molecule has 5 nitrogen and oxygen atoms in total. The third kappa shape index (κ3) is 3.24. The summed E-state index contributed by atoms with van der Waals surface area (Å²) in [5.41, 5.74) is 0. The van der Waals surface area contributed by atoms with Gasteiger partial charge < -0.3 is 9.52 Å². The molecule has 1 fully saturated rings. The average Bonchev–Trinajstić information content (AvgIpc) is 2.75. The fourth-order valence-corrected chi connectivity index (χ4v) is 4.13. The molecule has 0 aromatic carbocycles. The molecule has 2 rings (SSSR count). The summed E-state index contributed by atoms with van der Waals surface area (Å²) in [5.74, 6) is 1.44. The Hall–Kier alpha value is -0.850. The van der Waals surface area contributed by atoms with Crippen molar-refractivity contribution in [2.24, 2.45) is 11.8 Å².